The predicted molar refractivity (Wildman–Crippen MR) is 89.5 cm³/mol. The van der Waals surface area contributed by atoms with Gasteiger partial charge in [0.2, 0.25) is 0 Å². The SMILES string of the molecule is Cc1ccc(CC(=O)OCN2C(=O)C3=C(C4CCC3C4)S2(=O)=O)cc1. The second-order valence-electron chi connectivity index (χ2n) is 6.95. The standard InChI is InChI=1S/C18H19NO5S/c1-11-2-4-12(5-3-11)8-15(20)24-10-19-18(21)16-13-6-7-14(9-13)17(16)25(19,22)23/h2-5,13-14H,6-10H2,1H3. The first-order valence-electron chi connectivity index (χ1n) is 8.40. The summed E-state index contributed by atoms with van der Waals surface area (Å²) in [6.45, 7) is 1.41. The molecule has 25 heavy (non-hydrogen) atoms. The van der Waals surface area contributed by atoms with Gasteiger partial charge in [0.1, 0.15) is 0 Å². The van der Waals surface area contributed by atoms with E-state index in [0.29, 0.717) is 5.57 Å². The zero-order valence-corrected chi connectivity index (χ0v) is 14.7. The maximum absolute atomic E-state index is 12.6. The molecule has 7 heteroatoms. The minimum atomic E-state index is -3.83. The fourth-order valence-corrected chi connectivity index (χ4v) is 5.99. The van der Waals surface area contributed by atoms with Crippen LogP contribution in [-0.4, -0.2) is 31.3 Å². The Labute approximate surface area is 146 Å². The smallest absolute Gasteiger partial charge is 0.312 e. The van der Waals surface area contributed by atoms with Crippen LogP contribution in [0.5, 0.6) is 0 Å². The number of hydrogen-bond donors (Lipinski definition) is 0. The van der Waals surface area contributed by atoms with Gasteiger partial charge in [0.25, 0.3) is 15.9 Å². The average Bonchev–Trinajstić information content (AvgIpc) is 3.22. The molecule has 1 aromatic carbocycles. The molecule has 1 aromatic rings. The summed E-state index contributed by atoms with van der Waals surface area (Å²) in [5.74, 6) is -1.05. The van der Waals surface area contributed by atoms with Crippen LogP contribution >= 0.6 is 0 Å². The lowest BCUT2D eigenvalue weighted by Crippen LogP contribution is -2.36. The van der Waals surface area contributed by atoms with Crippen molar-refractivity contribution in [1.29, 1.82) is 0 Å². The van der Waals surface area contributed by atoms with Gasteiger partial charge in [0.15, 0.2) is 6.73 Å². The van der Waals surface area contributed by atoms with E-state index in [4.69, 9.17) is 4.74 Å². The number of esters is 1. The van der Waals surface area contributed by atoms with Gasteiger partial charge in [-0.05, 0) is 43.6 Å². The molecule has 6 nitrogen and oxygen atoms in total. The number of amides is 1. The van der Waals surface area contributed by atoms with E-state index in [9.17, 15) is 18.0 Å². The fourth-order valence-electron chi connectivity index (χ4n) is 4.08. The molecule has 2 aliphatic carbocycles. The maximum atomic E-state index is 12.6. The van der Waals surface area contributed by atoms with Crippen molar-refractivity contribution in [1.82, 2.24) is 4.31 Å². The van der Waals surface area contributed by atoms with E-state index in [1.807, 2.05) is 31.2 Å². The topological polar surface area (TPSA) is 80.8 Å². The molecule has 1 aliphatic heterocycles. The molecular formula is C18H19NO5S. The zero-order chi connectivity index (χ0) is 17.8. The first-order chi connectivity index (χ1) is 11.9. The molecule has 2 bridgehead atoms. The number of rotatable bonds is 4. The Balaban J connectivity index is 1.43. The number of nitrogens with zero attached hydrogens (tertiary/aromatic N) is 1. The second kappa shape index (κ2) is 5.69. The highest BCUT2D eigenvalue weighted by molar-refractivity contribution is 7.94. The van der Waals surface area contributed by atoms with Gasteiger partial charge in [-0.15, -0.1) is 0 Å². The van der Waals surface area contributed by atoms with Crippen LogP contribution in [0.2, 0.25) is 0 Å². The van der Waals surface area contributed by atoms with E-state index in [1.54, 1.807) is 0 Å². The summed E-state index contributed by atoms with van der Waals surface area (Å²) in [6, 6.07) is 7.42. The first kappa shape index (κ1) is 16.3. The molecule has 0 radical (unpaired) electrons. The first-order valence-corrected chi connectivity index (χ1v) is 9.84. The van der Waals surface area contributed by atoms with Crippen molar-refractivity contribution in [2.75, 3.05) is 6.73 Å². The largest absolute Gasteiger partial charge is 0.443 e. The summed E-state index contributed by atoms with van der Waals surface area (Å²) >= 11 is 0. The molecule has 3 aliphatic rings. The van der Waals surface area contributed by atoms with Crippen LogP contribution in [0, 0.1) is 18.8 Å². The molecule has 2 unspecified atom stereocenters. The van der Waals surface area contributed by atoms with Gasteiger partial charge >= 0.3 is 5.97 Å². The number of ether oxygens (including phenoxy) is 1. The summed E-state index contributed by atoms with van der Waals surface area (Å²) in [5, 5.41) is 0. The Morgan fingerprint density at radius 1 is 1.20 bits per heavy atom. The van der Waals surface area contributed by atoms with E-state index in [2.05, 4.69) is 0 Å². The third-order valence-electron chi connectivity index (χ3n) is 5.31. The summed E-state index contributed by atoms with van der Waals surface area (Å²) in [4.78, 5) is 24.8. The lowest BCUT2D eigenvalue weighted by Gasteiger charge is -2.19. The summed E-state index contributed by atoms with van der Waals surface area (Å²) < 4.78 is 31.1. The Morgan fingerprint density at radius 3 is 2.56 bits per heavy atom. The Morgan fingerprint density at radius 2 is 1.88 bits per heavy atom. The third-order valence-corrected chi connectivity index (χ3v) is 7.27. The van der Waals surface area contributed by atoms with Gasteiger partial charge in [-0.25, -0.2) is 8.42 Å². The summed E-state index contributed by atoms with van der Waals surface area (Å²) in [7, 11) is -3.83. The summed E-state index contributed by atoms with van der Waals surface area (Å²) in [5.41, 5.74) is 2.30. The number of carbonyl (C=O) groups is 2. The Kier molecular flexibility index (Phi) is 3.72. The number of hydrogen-bond acceptors (Lipinski definition) is 5. The normalized spacial score (nSPS) is 26.3. The van der Waals surface area contributed by atoms with Crippen LogP contribution < -0.4 is 0 Å². The van der Waals surface area contributed by atoms with Gasteiger partial charge in [0, 0.05) is 5.57 Å². The number of allylic oxidation sites excluding steroid dienone is 1. The van der Waals surface area contributed by atoms with Gasteiger partial charge in [-0.1, -0.05) is 29.8 Å². The van der Waals surface area contributed by atoms with Crippen LogP contribution in [0.15, 0.2) is 34.7 Å². The van der Waals surface area contributed by atoms with Crippen LogP contribution in [0.4, 0.5) is 0 Å². The van der Waals surface area contributed by atoms with Crippen molar-refractivity contribution in [3.05, 3.63) is 45.9 Å². The van der Waals surface area contributed by atoms with Crippen LogP contribution in [-0.2, 0) is 30.8 Å². The number of sulfonamides is 1. The molecule has 4 rings (SSSR count). The fraction of sp³-hybridized carbons (Fsp3) is 0.444. The van der Waals surface area contributed by atoms with Crippen molar-refractivity contribution in [2.24, 2.45) is 11.8 Å². The third kappa shape index (κ3) is 2.57. The zero-order valence-electron chi connectivity index (χ0n) is 13.9. The molecule has 1 fully saturated rings. The molecule has 1 heterocycles. The second-order valence-corrected chi connectivity index (χ2v) is 8.78. The van der Waals surface area contributed by atoms with Crippen LogP contribution in [0.3, 0.4) is 0 Å². The monoisotopic (exact) mass is 361 g/mol. The Bertz CT molecular complexity index is 885. The van der Waals surface area contributed by atoms with Gasteiger partial charge in [-0.3, -0.25) is 9.59 Å². The average molecular weight is 361 g/mol. The highest BCUT2D eigenvalue weighted by Crippen LogP contribution is 2.54. The molecule has 0 aromatic heterocycles. The lowest BCUT2D eigenvalue weighted by atomic mass is 9.98. The highest BCUT2D eigenvalue weighted by atomic mass is 32.2. The maximum Gasteiger partial charge on any atom is 0.312 e. The predicted octanol–water partition coefficient (Wildman–Crippen LogP) is 1.89. The molecule has 1 amide bonds. The van der Waals surface area contributed by atoms with E-state index in [-0.39, 0.29) is 23.2 Å². The minimum Gasteiger partial charge on any atom is -0.443 e. The number of benzene rings is 1. The van der Waals surface area contributed by atoms with Crippen molar-refractivity contribution in [2.45, 2.75) is 32.6 Å². The van der Waals surface area contributed by atoms with Crippen molar-refractivity contribution in [3.8, 4) is 0 Å². The van der Waals surface area contributed by atoms with Crippen molar-refractivity contribution in [3.63, 3.8) is 0 Å². The van der Waals surface area contributed by atoms with Crippen molar-refractivity contribution >= 4 is 21.9 Å². The molecule has 0 saturated heterocycles. The number of carbonyl (C=O) groups excluding carboxylic acids is 2. The molecule has 1 saturated carbocycles. The van der Waals surface area contributed by atoms with E-state index in [1.165, 1.54) is 0 Å². The quantitative estimate of drug-likeness (QED) is 0.765. The van der Waals surface area contributed by atoms with Crippen LogP contribution in [0.1, 0.15) is 30.4 Å². The minimum absolute atomic E-state index is 0.0396. The van der Waals surface area contributed by atoms with Crippen LogP contribution in [0.25, 0.3) is 0 Å². The van der Waals surface area contributed by atoms with Crippen molar-refractivity contribution < 1.29 is 22.7 Å². The number of fused-ring (bicyclic) bond motifs is 4. The summed E-state index contributed by atoms with van der Waals surface area (Å²) in [6.07, 6.45) is 2.49. The molecule has 0 spiro atoms. The van der Waals surface area contributed by atoms with Gasteiger partial charge < -0.3 is 4.74 Å². The highest BCUT2D eigenvalue weighted by Gasteiger charge is 2.55. The van der Waals surface area contributed by atoms with Gasteiger partial charge in [-0.2, -0.15) is 4.31 Å². The van der Waals surface area contributed by atoms with E-state index in [0.717, 1.165) is 34.7 Å². The Hall–Kier alpha value is -2.15. The number of aryl methyl sites for hydroxylation is 1. The molecule has 2 atom stereocenters. The molecule has 132 valence electrons. The van der Waals surface area contributed by atoms with E-state index < -0.39 is 28.6 Å². The van der Waals surface area contributed by atoms with Gasteiger partial charge in [0.05, 0.1) is 11.3 Å². The molecular weight excluding hydrogens is 342 g/mol. The lowest BCUT2D eigenvalue weighted by molar-refractivity contribution is -0.147. The van der Waals surface area contributed by atoms with E-state index >= 15 is 0 Å². The molecule has 0 N–H and O–H groups in total.